The molecule has 0 aliphatic rings. The first-order valence-electron chi connectivity index (χ1n) is 5.32. The molecule has 1 heterocycles. The number of hydrogen-bond donors (Lipinski definition) is 1. The van der Waals surface area contributed by atoms with Crippen LogP contribution in [0.2, 0.25) is 10.0 Å². The van der Waals surface area contributed by atoms with Crippen LogP contribution in [0.5, 0.6) is 0 Å². The Labute approximate surface area is 110 Å². The third-order valence-electron chi connectivity index (χ3n) is 2.18. The van der Waals surface area contributed by atoms with Crippen LogP contribution in [0, 0.1) is 0 Å². The van der Waals surface area contributed by atoms with E-state index in [1.54, 1.807) is 12.3 Å². The summed E-state index contributed by atoms with van der Waals surface area (Å²) in [4.78, 5) is 4.26. The van der Waals surface area contributed by atoms with Gasteiger partial charge in [0.05, 0.1) is 5.69 Å². The Hall–Kier alpha value is -1.19. The fourth-order valence-electron chi connectivity index (χ4n) is 1.56. The summed E-state index contributed by atoms with van der Waals surface area (Å²) in [5, 5.41) is 4.47. The average Bonchev–Trinajstić information content (AvgIpc) is 2.63. The van der Waals surface area contributed by atoms with E-state index >= 15 is 0 Å². The first kappa shape index (κ1) is 12.3. The number of aromatic nitrogens is 2. The Morgan fingerprint density at radius 3 is 2.41 bits per heavy atom. The summed E-state index contributed by atoms with van der Waals surface area (Å²) in [5.74, 6) is 0.776. The summed E-state index contributed by atoms with van der Waals surface area (Å²) in [7, 11) is 0. The van der Waals surface area contributed by atoms with Gasteiger partial charge in [-0.05, 0) is 32.0 Å². The summed E-state index contributed by atoms with van der Waals surface area (Å²) >= 11 is 12.0. The fraction of sp³-hybridized carbons (Fsp3) is 0.250. The number of nitrogens with one attached hydrogen (secondary N) is 1. The molecule has 90 valence electrons. The van der Waals surface area contributed by atoms with Gasteiger partial charge in [-0.2, -0.15) is 0 Å². The van der Waals surface area contributed by atoms with Crippen molar-refractivity contribution >= 4 is 29.2 Å². The Morgan fingerprint density at radius 2 is 1.82 bits per heavy atom. The molecule has 2 aromatic rings. The largest absolute Gasteiger partial charge is 0.353 e. The molecule has 1 N–H and O–H groups in total. The topological polar surface area (TPSA) is 29.9 Å². The van der Waals surface area contributed by atoms with Crippen LogP contribution in [0.25, 0.3) is 5.69 Å². The van der Waals surface area contributed by atoms with Crippen LogP contribution in [-0.4, -0.2) is 15.6 Å². The second-order valence-corrected chi connectivity index (χ2v) is 4.92. The van der Waals surface area contributed by atoms with Gasteiger partial charge in [0.15, 0.2) is 0 Å². The molecule has 0 aliphatic heterocycles. The minimum atomic E-state index is 0.311. The van der Waals surface area contributed by atoms with Gasteiger partial charge in [-0.15, -0.1) is 0 Å². The fourth-order valence-corrected chi connectivity index (χ4v) is 2.07. The maximum absolute atomic E-state index is 5.99. The van der Waals surface area contributed by atoms with Crippen LogP contribution >= 0.6 is 23.2 Å². The van der Waals surface area contributed by atoms with Gasteiger partial charge in [-0.25, -0.2) is 4.98 Å². The maximum atomic E-state index is 5.99. The molecule has 0 radical (unpaired) electrons. The monoisotopic (exact) mass is 269 g/mol. The van der Waals surface area contributed by atoms with Gasteiger partial charge < -0.3 is 5.32 Å². The highest BCUT2D eigenvalue weighted by Gasteiger charge is 2.07. The van der Waals surface area contributed by atoms with Crippen LogP contribution in [0.15, 0.2) is 30.6 Å². The first-order valence-corrected chi connectivity index (χ1v) is 6.08. The molecule has 17 heavy (non-hydrogen) atoms. The van der Waals surface area contributed by atoms with E-state index in [1.165, 1.54) is 0 Å². The molecule has 0 spiro atoms. The molecule has 1 aromatic carbocycles. The Morgan fingerprint density at radius 1 is 1.18 bits per heavy atom. The van der Waals surface area contributed by atoms with E-state index in [-0.39, 0.29) is 0 Å². The van der Waals surface area contributed by atoms with Gasteiger partial charge in [0.1, 0.15) is 0 Å². The third-order valence-corrected chi connectivity index (χ3v) is 2.62. The SMILES string of the molecule is CC(C)Nc1nccn1-c1cc(Cl)cc(Cl)c1. The third kappa shape index (κ3) is 2.93. The molecular formula is C12H13Cl2N3. The molecular weight excluding hydrogens is 257 g/mol. The van der Waals surface area contributed by atoms with Crippen LogP contribution in [-0.2, 0) is 0 Å². The van der Waals surface area contributed by atoms with Crippen molar-refractivity contribution in [3.05, 3.63) is 40.6 Å². The molecule has 0 unspecified atom stereocenters. The zero-order valence-electron chi connectivity index (χ0n) is 9.61. The highest BCUT2D eigenvalue weighted by Crippen LogP contribution is 2.23. The molecule has 3 nitrogen and oxygen atoms in total. The van der Waals surface area contributed by atoms with Gasteiger partial charge >= 0.3 is 0 Å². The minimum Gasteiger partial charge on any atom is -0.353 e. The predicted octanol–water partition coefficient (Wildman–Crippen LogP) is 4.00. The molecule has 0 atom stereocenters. The molecule has 0 fully saturated rings. The number of rotatable bonds is 3. The Kier molecular flexibility index (Phi) is 3.60. The summed E-state index contributed by atoms with van der Waals surface area (Å²) in [6.07, 6.45) is 3.60. The van der Waals surface area contributed by atoms with Crippen molar-refractivity contribution in [2.75, 3.05) is 5.32 Å². The van der Waals surface area contributed by atoms with E-state index in [2.05, 4.69) is 24.1 Å². The Bertz CT molecular complexity index is 500. The van der Waals surface area contributed by atoms with E-state index in [0.29, 0.717) is 16.1 Å². The molecule has 0 aliphatic carbocycles. The lowest BCUT2D eigenvalue weighted by atomic mass is 10.3. The van der Waals surface area contributed by atoms with Gasteiger partial charge in [0.2, 0.25) is 5.95 Å². The van der Waals surface area contributed by atoms with E-state index in [9.17, 15) is 0 Å². The van der Waals surface area contributed by atoms with Gasteiger partial charge in [0, 0.05) is 28.5 Å². The van der Waals surface area contributed by atoms with E-state index in [0.717, 1.165) is 11.6 Å². The number of imidazole rings is 1. The molecule has 0 bridgehead atoms. The zero-order valence-corrected chi connectivity index (χ0v) is 11.1. The smallest absolute Gasteiger partial charge is 0.207 e. The second-order valence-electron chi connectivity index (χ2n) is 4.05. The van der Waals surface area contributed by atoms with Crippen LogP contribution in [0.4, 0.5) is 5.95 Å². The molecule has 0 amide bonds. The van der Waals surface area contributed by atoms with Crippen molar-refractivity contribution in [1.82, 2.24) is 9.55 Å². The highest BCUT2D eigenvalue weighted by atomic mass is 35.5. The molecule has 0 saturated heterocycles. The number of nitrogens with zero attached hydrogens (tertiary/aromatic N) is 2. The molecule has 2 rings (SSSR count). The van der Waals surface area contributed by atoms with E-state index in [4.69, 9.17) is 23.2 Å². The Balaban J connectivity index is 2.42. The standard InChI is InChI=1S/C12H13Cl2N3/c1-8(2)16-12-15-3-4-17(12)11-6-9(13)5-10(14)7-11/h3-8H,1-2H3,(H,15,16). The van der Waals surface area contributed by atoms with Crippen LogP contribution in [0.3, 0.4) is 0 Å². The number of halogens is 2. The summed E-state index contributed by atoms with van der Waals surface area (Å²) in [6, 6.07) is 5.71. The number of anilines is 1. The van der Waals surface area contributed by atoms with Crippen LogP contribution < -0.4 is 5.32 Å². The number of hydrogen-bond acceptors (Lipinski definition) is 2. The van der Waals surface area contributed by atoms with E-state index < -0.39 is 0 Å². The van der Waals surface area contributed by atoms with Crippen LogP contribution in [0.1, 0.15) is 13.8 Å². The van der Waals surface area contributed by atoms with Gasteiger partial charge in [-0.1, -0.05) is 23.2 Å². The predicted molar refractivity (Wildman–Crippen MR) is 72.3 cm³/mol. The second kappa shape index (κ2) is 4.98. The summed E-state index contributed by atoms with van der Waals surface area (Å²) in [6.45, 7) is 4.12. The van der Waals surface area contributed by atoms with Crippen molar-refractivity contribution in [2.45, 2.75) is 19.9 Å². The van der Waals surface area contributed by atoms with Crippen molar-refractivity contribution in [3.63, 3.8) is 0 Å². The van der Waals surface area contributed by atoms with Crippen molar-refractivity contribution < 1.29 is 0 Å². The zero-order chi connectivity index (χ0) is 12.4. The van der Waals surface area contributed by atoms with Crippen molar-refractivity contribution in [1.29, 1.82) is 0 Å². The van der Waals surface area contributed by atoms with E-state index in [1.807, 2.05) is 22.9 Å². The molecule has 1 aromatic heterocycles. The molecule has 0 saturated carbocycles. The lowest BCUT2D eigenvalue weighted by molar-refractivity contribution is 0.864. The quantitative estimate of drug-likeness (QED) is 0.913. The molecule has 5 heteroatoms. The lowest BCUT2D eigenvalue weighted by Gasteiger charge is -2.12. The minimum absolute atomic E-state index is 0.311. The lowest BCUT2D eigenvalue weighted by Crippen LogP contribution is -2.13. The normalized spacial score (nSPS) is 10.9. The van der Waals surface area contributed by atoms with Crippen molar-refractivity contribution in [2.24, 2.45) is 0 Å². The number of benzene rings is 1. The van der Waals surface area contributed by atoms with Crippen molar-refractivity contribution in [3.8, 4) is 5.69 Å². The summed E-state index contributed by atoms with van der Waals surface area (Å²) in [5.41, 5.74) is 0.892. The first-order chi connectivity index (χ1) is 8.06. The average molecular weight is 270 g/mol. The van der Waals surface area contributed by atoms with Gasteiger partial charge in [-0.3, -0.25) is 4.57 Å². The maximum Gasteiger partial charge on any atom is 0.207 e. The summed E-state index contributed by atoms with van der Waals surface area (Å²) < 4.78 is 1.91. The van der Waals surface area contributed by atoms with Gasteiger partial charge in [0.25, 0.3) is 0 Å². The highest BCUT2D eigenvalue weighted by molar-refractivity contribution is 6.34.